The summed E-state index contributed by atoms with van der Waals surface area (Å²) < 4.78 is 51.3. The van der Waals surface area contributed by atoms with Crippen molar-refractivity contribution in [2.75, 3.05) is 33.1 Å². The standard InChI is InChI=1S/C24H28F2N2O2.C2H4O2.CH4O2S/c1-30-15-24(18-4-6-19(25)7-5-18)8-10-28(11-9-24)14-17-12-22(26)21(23(27)29)13-20(17)16-2-3-16;1-2(3)4;1-4(2)3/h4-7,12-13,16H,2-3,8-11,14-15H2,1H3,(H2,27,29);1H3,(H,3,4);1H3,(H,2,3)/p-1. The number of hydrogen-bond acceptors (Lipinski definition) is 6. The first-order valence-electron chi connectivity index (χ1n) is 12.2. The Morgan fingerprint density at radius 1 is 1.18 bits per heavy atom. The molecule has 1 unspecified atom stereocenters. The van der Waals surface area contributed by atoms with E-state index < -0.39 is 28.8 Å². The number of hydrogen-bond donors (Lipinski definition) is 2. The number of carbonyl (C=O) groups is 2. The summed E-state index contributed by atoms with van der Waals surface area (Å²) in [7, 11) is 1.70. The van der Waals surface area contributed by atoms with Gasteiger partial charge in [-0.3, -0.25) is 18.7 Å². The lowest BCUT2D eigenvalue weighted by atomic mass is 9.73. The lowest BCUT2D eigenvalue weighted by Gasteiger charge is -2.42. The fourth-order valence-corrected chi connectivity index (χ4v) is 4.71. The Kier molecular flexibility index (Phi) is 12.0. The number of likely N-dealkylation sites (tertiary alicyclic amines) is 1. The van der Waals surface area contributed by atoms with Crippen LogP contribution >= 0.6 is 0 Å². The zero-order valence-electron chi connectivity index (χ0n) is 21.9. The number of nitrogens with two attached hydrogens (primary N) is 1. The summed E-state index contributed by atoms with van der Waals surface area (Å²) in [5, 5.41) is 7.42. The molecule has 1 aliphatic carbocycles. The lowest BCUT2D eigenvalue weighted by molar-refractivity contribution is -0.134. The fraction of sp³-hybridized carbons (Fsp3) is 0.481. The molecule has 0 spiro atoms. The van der Waals surface area contributed by atoms with Crippen LogP contribution < -0.4 is 5.73 Å². The van der Waals surface area contributed by atoms with Crippen molar-refractivity contribution >= 4 is 23.0 Å². The number of aliphatic carboxylic acids is 1. The second-order valence-electron chi connectivity index (χ2n) is 9.59. The molecule has 4 rings (SSSR count). The quantitative estimate of drug-likeness (QED) is 0.500. The van der Waals surface area contributed by atoms with Crippen molar-refractivity contribution in [1.29, 1.82) is 0 Å². The smallest absolute Gasteiger partial charge is 0.300 e. The van der Waals surface area contributed by atoms with Gasteiger partial charge in [0, 0.05) is 26.0 Å². The number of carbonyl (C=O) groups excluding carboxylic acids is 1. The largest absolute Gasteiger partial charge is 0.773 e. The van der Waals surface area contributed by atoms with Gasteiger partial charge in [0.2, 0.25) is 0 Å². The molecule has 1 saturated heterocycles. The molecule has 1 heterocycles. The van der Waals surface area contributed by atoms with Gasteiger partial charge in [0.1, 0.15) is 11.6 Å². The third-order valence-electron chi connectivity index (χ3n) is 6.60. The van der Waals surface area contributed by atoms with E-state index in [2.05, 4.69) is 4.90 Å². The maximum Gasteiger partial charge on any atom is 0.300 e. The molecule has 3 N–H and O–H groups in total. The van der Waals surface area contributed by atoms with E-state index in [0.29, 0.717) is 19.1 Å². The molecule has 38 heavy (non-hydrogen) atoms. The van der Waals surface area contributed by atoms with Crippen LogP contribution in [-0.4, -0.2) is 63.7 Å². The van der Waals surface area contributed by atoms with E-state index in [1.807, 2.05) is 12.1 Å². The van der Waals surface area contributed by atoms with Gasteiger partial charge in [-0.15, -0.1) is 0 Å². The monoisotopic (exact) mass is 553 g/mol. The van der Waals surface area contributed by atoms with Crippen molar-refractivity contribution in [3.05, 3.63) is 70.3 Å². The molecule has 2 aromatic rings. The number of ether oxygens (including phenoxy) is 1. The Balaban J connectivity index is 0.000000559. The third-order valence-corrected chi connectivity index (χ3v) is 6.60. The molecule has 0 radical (unpaired) electrons. The number of halogens is 2. The minimum Gasteiger partial charge on any atom is -0.773 e. The highest BCUT2D eigenvalue weighted by Gasteiger charge is 2.37. The average Bonchev–Trinajstić information content (AvgIpc) is 3.66. The van der Waals surface area contributed by atoms with Crippen LogP contribution in [0.5, 0.6) is 0 Å². The molecule has 2 aliphatic rings. The van der Waals surface area contributed by atoms with Crippen molar-refractivity contribution < 1.29 is 37.0 Å². The number of amides is 1. The van der Waals surface area contributed by atoms with Crippen LogP contribution in [-0.2, 0) is 32.6 Å². The summed E-state index contributed by atoms with van der Waals surface area (Å²) in [6.45, 7) is 3.99. The van der Waals surface area contributed by atoms with Crippen LogP contribution in [0.4, 0.5) is 8.78 Å². The Morgan fingerprint density at radius 3 is 2.16 bits per heavy atom. The molecule has 210 valence electrons. The fourth-order valence-electron chi connectivity index (χ4n) is 4.71. The van der Waals surface area contributed by atoms with Gasteiger partial charge >= 0.3 is 0 Å². The van der Waals surface area contributed by atoms with Crippen LogP contribution in [0.25, 0.3) is 0 Å². The molecule has 1 atom stereocenters. The summed E-state index contributed by atoms with van der Waals surface area (Å²) in [4.78, 5) is 22.9. The number of primary amides is 1. The lowest BCUT2D eigenvalue weighted by Crippen LogP contribution is -2.45. The number of carboxylic acids is 1. The molecule has 0 bridgehead atoms. The van der Waals surface area contributed by atoms with Crippen LogP contribution in [0.2, 0.25) is 0 Å². The molecule has 1 amide bonds. The highest BCUT2D eigenvalue weighted by Crippen LogP contribution is 2.43. The van der Waals surface area contributed by atoms with Crippen LogP contribution in [0.15, 0.2) is 36.4 Å². The summed E-state index contributed by atoms with van der Waals surface area (Å²) in [6, 6.07) is 9.86. The molecule has 0 aromatic heterocycles. The average molecular weight is 554 g/mol. The van der Waals surface area contributed by atoms with E-state index in [0.717, 1.165) is 68.6 Å². The first-order chi connectivity index (χ1) is 17.9. The molecule has 8 nitrogen and oxygen atoms in total. The summed E-state index contributed by atoms with van der Waals surface area (Å²) in [5.74, 6) is -1.94. The van der Waals surface area contributed by atoms with Crippen LogP contribution in [0.3, 0.4) is 0 Å². The summed E-state index contributed by atoms with van der Waals surface area (Å²) in [6.07, 6.45) is 4.98. The zero-order valence-corrected chi connectivity index (χ0v) is 22.7. The first kappa shape index (κ1) is 31.5. The SMILES string of the molecule is CC(=O)O.COCC1(c2ccc(F)cc2)CCN(Cc2cc(F)c(C(N)=O)cc2C2CC2)CC1.CS(=O)[O-]. The Bertz CT molecular complexity index is 1100. The van der Waals surface area contributed by atoms with Crippen molar-refractivity contribution in [3.8, 4) is 0 Å². The van der Waals surface area contributed by atoms with Gasteiger partial charge in [0.25, 0.3) is 11.9 Å². The Labute approximate surface area is 224 Å². The van der Waals surface area contributed by atoms with Crippen molar-refractivity contribution in [1.82, 2.24) is 4.90 Å². The van der Waals surface area contributed by atoms with Gasteiger partial charge in [-0.1, -0.05) is 23.2 Å². The predicted octanol–water partition coefficient (Wildman–Crippen LogP) is 3.71. The maximum absolute atomic E-state index is 14.4. The highest BCUT2D eigenvalue weighted by atomic mass is 32.2. The van der Waals surface area contributed by atoms with E-state index in [1.165, 1.54) is 18.2 Å². The van der Waals surface area contributed by atoms with Gasteiger partial charge in [0.15, 0.2) is 0 Å². The van der Waals surface area contributed by atoms with Gasteiger partial charge in [-0.05, 0) is 91.9 Å². The molecular weight excluding hydrogens is 518 g/mol. The third kappa shape index (κ3) is 9.54. The molecule has 2 aromatic carbocycles. The summed E-state index contributed by atoms with van der Waals surface area (Å²) >= 11 is -1.86. The second-order valence-corrected chi connectivity index (χ2v) is 10.4. The normalized spacial score (nSPS) is 17.3. The first-order valence-corrected chi connectivity index (χ1v) is 13.7. The Morgan fingerprint density at radius 2 is 1.71 bits per heavy atom. The van der Waals surface area contributed by atoms with E-state index in [9.17, 15) is 13.6 Å². The number of carboxylic acid groups (broad SMARTS) is 1. The van der Waals surface area contributed by atoms with Crippen molar-refractivity contribution in [3.63, 3.8) is 0 Å². The molecular formula is C27H35F2N2O6S-. The van der Waals surface area contributed by atoms with E-state index in [1.54, 1.807) is 13.2 Å². The predicted molar refractivity (Wildman–Crippen MR) is 140 cm³/mol. The number of methoxy groups -OCH3 is 1. The van der Waals surface area contributed by atoms with Crippen molar-refractivity contribution in [2.45, 2.75) is 50.5 Å². The number of piperidine rings is 1. The van der Waals surface area contributed by atoms with E-state index in [4.69, 9.17) is 29.1 Å². The van der Waals surface area contributed by atoms with Crippen LogP contribution in [0.1, 0.15) is 65.6 Å². The number of benzene rings is 2. The van der Waals surface area contributed by atoms with Crippen molar-refractivity contribution in [2.24, 2.45) is 5.73 Å². The number of nitrogens with zero attached hydrogens (tertiary/aromatic N) is 1. The number of rotatable bonds is 7. The van der Waals surface area contributed by atoms with Gasteiger partial charge in [-0.25, -0.2) is 8.78 Å². The minimum atomic E-state index is -1.86. The second kappa shape index (κ2) is 14.4. The minimum absolute atomic E-state index is 0.0188. The maximum atomic E-state index is 14.4. The van der Waals surface area contributed by atoms with E-state index >= 15 is 0 Å². The molecule has 1 aliphatic heterocycles. The van der Waals surface area contributed by atoms with Gasteiger partial charge < -0.3 is 20.1 Å². The molecule has 2 fully saturated rings. The zero-order chi connectivity index (χ0) is 28.5. The van der Waals surface area contributed by atoms with Gasteiger partial charge in [0.05, 0.1) is 12.2 Å². The highest BCUT2D eigenvalue weighted by molar-refractivity contribution is 7.78. The molecule has 11 heteroatoms. The topological polar surface area (TPSA) is 133 Å². The van der Waals surface area contributed by atoms with E-state index in [-0.39, 0.29) is 16.8 Å². The summed E-state index contributed by atoms with van der Waals surface area (Å²) in [5.41, 5.74) is 8.27. The van der Waals surface area contributed by atoms with Gasteiger partial charge in [-0.2, -0.15) is 0 Å². The molecule has 1 saturated carbocycles. The Hall–Kier alpha value is -2.73. The van der Waals surface area contributed by atoms with Crippen LogP contribution in [0, 0.1) is 11.6 Å².